The Morgan fingerprint density at radius 1 is 1.13 bits per heavy atom. The Labute approximate surface area is 141 Å². The van der Waals surface area contributed by atoms with Crippen LogP contribution in [0.3, 0.4) is 0 Å². The van der Waals surface area contributed by atoms with Crippen molar-refractivity contribution in [1.29, 1.82) is 0 Å². The Balaban J connectivity index is 1.54. The average Bonchev–Trinajstić information content (AvgIpc) is 3.00. The molecule has 0 bridgehead atoms. The van der Waals surface area contributed by atoms with Crippen molar-refractivity contribution in [3.8, 4) is 0 Å². The van der Waals surface area contributed by atoms with E-state index in [1.807, 2.05) is 24.4 Å². The monoisotopic (exact) mass is 329 g/mol. The molecule has 0 spiro atoms. The number of pyridine rings is 1. The molecule has 2 aliphatic rings. The van der Waals surface area contributed by atoms with Gasteiger partial charge in [0.05, 0.1) is 5.52 Å². The minimum Gasteiger partial charge on any atom is -0.371 e. The molecule has 0 aliphatic carbocycles. The van der Waals surface area contributed by atoms with Crippen molar-refractivity contribution in [2.24, 2.45) is 0 Å². The number of carbonyl (C=O) groups is 1. The van der Waals surface area contributed by atoms with E-state index < -0.39 is 0 Å². The first-order chi connectivity index (χ1) is 11.2. The van der Waals surface area contributed by atoms with Crippen molar-refractivity contribution in [3.05, 3.63) is 35.5 Å². The molecule has 2 aromatic rings. The Morgan fingerprint density at radius 3 is 2.70 bits per heavy atom. The number of carbonyl (C=O) groups excluding carboxylic acids is 1. The van der Waals surface area contributed by atoms with Crippen molar-refractivity contribution in [2.75, 3.05) is 24.5 Å². The van der Waals surface area contributed by atoms with Gasteiger partial charge in [-0.1, -0.05) is 11.6 Å². The number of nitrogens with zero attached hydrogens (tertiary/aromatic N) is 3. The van der Waals surface area contributed by atoms with E-state index in [4.69, 9.17) is 11.6 Å². The summed E-state index contributed by atoms with van der Waals surface area (Å²) in [5, 5.41) is 1.85. The lowest BCUT2D eigenvalue weighted by Crippen LogP contribution is -2.45. The predicted molar refractivity (Wildman–Crippen MR) is 92.9 cm³/mol. The van der Waals surface area contributed by atoms with Crippen LogP contribution in [-0.2, 0) is 4.79 Å². The van der Waals surface area contributed by atoms with Gasteiger partial charge in [0.1, 0.15) is 0 Å². The maximum atomic E-state index is 11.9. The lowest BCUT2D eigenvalue weighted by Gasteiger charge is -2.38. The average molecular weight is 330 g/mol. The van der Waals surface area contributed by atoms with Crippen LogP contribution < -0.4 is 4.90 Å². The van der Waals surface area contributed by atoms with Gasteiger partial charge in [-0.2, -0.15) is 0 Å². The van der Waals surface area contributed by atoms with Gasteiger partial charge >= 0.3 is 0 Å². The lowest BCUT2D eigenvalue weighted by molar-refractivity contribution is -0.130. The first kappa shape index (κ1) is 14.8. The summed E-state index contributed by atoms with van der Waals surface area (Å²) >= 11 is 6.16. The molecule has 120 valence electrons. The van der Waals surface area contributed by atoms with Gasteiger partial charge in [-0.15, -0.1) is 0 Å². The molecule has 0 radical (unpaired) electrons. The number of hydrogen-bond acceptors (Lipinski definition) is 3. The fourth-order valence-electron chi connectivity index (χ4n) is 3.85. The molecule has 1 amide bonds. The van der Waals surface area contributed by atoms with Crippen molar-refractivity contribution in [1.82, 2.24) is 9.88 Å². The zero-order valence-corrected chi connectivity index (χ0v) is 13.8. The summed E-state index contributed by atoms with van der Waals surface area (Å²) in [6.45, 7) is 2.89. The summed E-state index contributed by atoms with van der Waals surface area (Å²) < 4.78 is 0. The molecule has 4 nitrogen and oxygen atoms in total. The number of amides is 1. The molecule has 0 atom stereocenters. The van der Waals surface area contributed by atoms with Gasteiger partial charge in [0.2, 0.25) is 5.91 Å². The number of fused-ring (bicyclic) bond motifs is 1. The van der Waals surface area contributed by atoms with Gasteiger partial charge in [-0.3, -0.25) is 9.78 Å². The third-order valence-corrected chi connectivity index (χ3v) is 5.27. The van der Waals surface area contributed by atoms with Crippen LogP contribution >= 0.6 is 11.6 Å². The summed E-state index contributed by atoms with van der Waals surface area (Å²) in [5.74, 6) is 0.338. The van der Waals surface area contributed by atoms with E-state index in [9.17, 15) is 4.79 Å². The van der Waals surface area contributed by atoms with Gasteiger partial charge in [0, 0.05) is 54.4 Å². The molecule has 5 heteroatoms. The third-order valence-electron chi connectivity index (χ3n) is 5.04. The van der Waals surface area contributed by atoms with Crippen molar-refractivity contribution >= 4 is 34.1 Å². The standard InChI is InChI=1S/C18H20ClN3O/c19-13-3-4-16-15(12-13)17(5-8-20-16)21-10-6-14(7-11-21)22-9-1-2-18(22)23/h3-5,8,12,14H,1-2,6-7,9-11H2. The summed E-state index contributed by atoms with van der Waals surface area (Å²) in [6.07, 6.45) is 5.69. The number of rotatable bonds is 2. The molecular weight excluding hydrogens is 310 g/mol. The van der Waals surface area contributed by atoms with E-state index >= 15 is 0 Å². The van der Waals surface area contributed by atoms with E-state index in [-0.39, 0.29) is 0 Å². The van der Waals surface area contributed by atoms with Crippen LogP contribution in [0.25, 0.3) is 10.9 Å². The minimum absolute atomic E-state index is 0.338. The highest BCUT2D eigenvalue weighted by atomic mass is 35.5. The first-order valence-electron chi connectivity index (χ1n) is 8.31. The molecule has 4 rings (SSSR count). The van der Waals surface area contributed by atoms with Crippen LogP contribution in [0.2, 0.25) is 5.02 Å². The topological polar surface area (TPSA) is 36.4 Å². The minimum atomic E-state index is 0.338. The molecule has 2 aliphatic heterocycles. The van der Waals surface area contributed by atoms with Gasteiger partial charge in [-0.25, -0.2) is 0 Å². The molecule has 1 aromatic carbocycles. The summed E-state index contributed by atoms with van der Waals surface area (Å²) in [7, 11) is 0. The smallest absolute Gasteiger partial charge is 0.222 e. The van der Waals surface area contributed by atoms with E-state index in [0.29, 0.717) is 11.9 Å². The van der Waals surface area contributed by atoms with Crippen LogP contribution in [0.15, 0.2) is 30.5 Å². The number of likely N-dealkylation sites (tertiary alicyclic amines) is 1. The normalized spacial score (nSPS) is 19.8. The molecule has 23 heavy (non-hydrogen) atoms. The van der Waals surface area contributed by atoms with Crippen LogP contribution in [0, 0.1) is 0 Å². The zero-order valence-electron chi connectivity index (χ0n) is 13.0. The molecule has 2 fully saturated rings. The SMILES string of the molecule is O=C1CCCN1C1CCN(c2ccnc3ccc(Cl)cc23)CC1. The second kappa shape index (κ2) is 6.00. The van der Waals surface area contributed by atoms with Gasteiger partial charge < -0.3 is 9.80 Å². The van der Waals surface area contributed by atoms with E-state index in [0.717, 1.165) is 61.2 Å². The van der Waals surface area contributed by atoms with E-state index in [1.165, 1.54) is 5.69 Å². The molecule has 0 unspecified atom stereocenters. The van der Waals surface area contributed by atoms with Gasteiger partial charge in [0.25, 0.3) is 0 Å². The van der Waals surface area contributed by atoms with Crippen LogP contribution in [-0.4, -0.2) is 41.5 Å². The summed E-state index contributed by atoms with van der Waals surface area (Å²) in [5.41, 5.74) is 2.17. The zero-order chi connectivity index (χ0) is 15.8. The Kier molecular flexibility index (Phi) is 3.85. The fourth-order valence-corrected chi connectivity index (χ4v) is 4.03. The van der Waals surface area contributed by atoms with Crippen LogP contribution in [0.5, 0.6) is 0 Å². The number of hydrogen-bond donors (Lipinski definition) is 0. The largest absolute Gasteiger partial charge is 0.371 e. The highest BCUT2D eigenvalue weighted by Gasteiger charge is 2.31. The highest BCUT2D eigenvalue weighted by molar-refractivity contribution is 6.31. The molecular formula is C18H20ClN3O. The number of piperidine rings is 1. The molecule has 2 saturated heterocycles. The Bertz CT molecular complexity index is 740. The van der Waals surface area contributed by atoms with Gasteiger partial charge in [0.15, 0.2) is 0 Å². The molecule has 0 N–H and O–H groups in total. The maximum absolute atomic E-state index is 11.9. The second-order valence-corrected chi connectivity index (χ2v) is 6.84. The van der Waals surface area contributed by atoms with Gasteiger partial charge in [-0.05, 0) is 43.5 Å². The quantitative estimate of drug-likeness (QED) is 0.846. The maximum Gasteiger partial charge on any atom is 0.222 e. The number of benzene rings is 1. The van der Waals surface area contributed by atoms with E-state index in [2.05, 4.69) is 20.9 Å². The third kappa shape index (κ3) is 2.76. The lowest BCUT2D eigenvalue weighted by atomic mass is 10.0. The van der Waals surface area contributed by atoms with Crippen molar-refractivity contribution in [3.63, 3.8) is 0 Å². The van der Waals surface area contributed by atoms with E-state index in [1.54, 1.807) is 0 Å². The number of halogens is 1. The van der Waals surface area contributed by atoms with Crippen molar-refractivity contribution < 1.29 is 4.79 Å². The number of anilines is 1. The first-order valence-corrected chi connectivity index (χ1v) is 8.69. The summed E-state index contributed by atoms with van der Waals surface area (Å²) in [6, 6.07) is 8.33. The molecule has 1 aromatic heterocycles. The summed E-state index contributed by atoms with van der Waals surface area (Å²) in [4.78, 5) is 20.9. The second-order valence-electron chi connectivity index (χ2n) is 6.40. The van der Waals surface area contributed by atoms with Crippen LogP contribution in [0.1, 0.15) is 25.7 Å². The van der Waals surface area contributed by atoms with Crippen molar-refractivity contribution in [2.45, 2.75) is 31.7 Å². The Hall–Kier alpha value is -1.81. The fraction of sp³-hybridized carbons (Fsp3) is 0.444. The highest BCUT2D eigenvalue weighted by Crippen LogP contribution is 2.31. The predicted octanol–water partition coefficient (Wildman–Crippen LogP) is 3.48. The number of aromatic nitrogens is 1. The molecule has 3 heterocycles. The Morgan fingerprint density at radius 2 is 1.96 bits per heavy atom. The van der Waals surface area contributed by atoms with Crippen LogP contribution in [0.4, 0.5) is 5.69 Å². The molecule has 0 saturated carbocycles.